The van der Waals surface area contributed by atoms with Gasteiger partial charge in [-0.1, -0.05) is 0 Å². The summed E-state index contributed by atoms with van der Waals surface area (Å²) < 4.78 is 32.8. The predicted octanol–water partition coefficient (Wildman–Crippen LogP) is 1.52. The minimum absolute atomic E-state index is 0.219. The van der Waals surface area contributed by atoms with Crippen LogP contribution in [0, 0.1) is 0 Å². The average Bonchev–Trinajstić information content (AvgIpc) is 2.85. The number of rotatable bonds is 6. The second kappa shape index (κ2) is 11.1. The Bertz CT molecular complexity index is 1570. The van der Waals surface area contributed by atoms with Crippen LogP contribution in [0.3, 0.4) is 0 Å². The highest BCUT2D eigenvalue weighted by atomic mass is 16.7. The van der Waals surface area contributed by atoms with Gasteiger partial charge in [0.25, 0.3) is 0 Å². The molecule has 4 unspecified atom stereocenters. The zero-order valence-corrected chi connectivity index (χ0v) is 21.6. The van der Waals surface area contributed by atoms with E-state index < -0.39 is 100 Å². The summed E-state index contributed by atoms with van der Waals surface area (Å²) in [5, 5.41) is 49.7. The maximum Gasteiger partial charge on any atom is 0.303 e. The zero-order valence-electron chi connectivity index (χ0n) is 21.6. The van der Waals surface area contributed by atoms with Gasteiger partial charge in [-0.25, -0.2) is 0 Å². The van der Waals surface area contributed by atoms with Crippen molar-refractivity contribution >= 4 is 28.9 Å². The second-order valence-electron chi connectivity index (χ2n) is 8.91. The number of benzene rings is 2. The fourth-order valence-corrected chi connectivity index (χ4v) is 4.23. The summed E-state index contributed by atoms with van der Waals surface area (Å²) in [5.41, 5.74) is -1.60. The van der Waals surface area contributed by atoms with Crippen molar-refractivity contribution in [2.45, 2.75) is 45.4 Å². The van der Waals surface area contributed by atoms with E-state index in [1.807, 2.05) is 0 Å². The van der Waals surface area contributed by atoms with Crippen molar-refractivity contribution in [3.63, 3.8) is 0 Å². The Morgan fingerprint density at radius 3 is 1.98 bits per heavy atom. The van der Waals surface area contributed by atoms with Crippen molar-refractivity contribution in [3.05, 3.63) is 34.5 Å². The number of ether oxygens (including phenoxy) is 5. The van der Waals surface area contributed by atoms with Crippen LogP contribution in [0.15, 0.2) is 33.5 Å². The first kappa shape index (κ1) is 28.8. The van der Waals surface area contributed by atoms with Gasteiger partial charge in [0, 0.05) is 38.5 Å². The monoisotopic (exact) mass is 576 g/mol. The van der Waals surface area contributed by atoms with Crippen LogP contribution in [0.1, 0.15) is 20.8 Å². The lowest BCUT2D eigenvalue weighted by Gasteiger charge is -2.40. The number of phenols is 5. The molecule has 0 aliphatic carbocycles. The molecular weight excluding hydrogens is 552 g/mol. The maximum absolute atomic E-state index is 13.6. The summed E-state index contributed by atoms with van der Waals surface area (Å²) in [7, 11) is 0. The number of hydrogen-bond acceptors (Lipinski definition) is 15. The largest absolute Gasteiger partial charge is 0.508 e. The Hall–Kier alpha value is -5.18. The molecule has 1 aliphatic heterocycles. The number of aromatic hydroxyl groups is 5. The van der Waals surface area contributed by atoms with E-state index in [0.29, 0.717) is 0 Å². The van der Waals surface area contributed by atoms with Gasteiger partial charge in [0.2, 0.25) is 23.6 Å². The summed E-state index contributed by atoms with van der Waals surface area (Å²) in [6.07, 6.45) is -6.03. The van der Waals surface area contributed by atoms with E-state index >= 15 is 0 Å². The second-order valence-corrected chi connectivity index (χ2v) is 8.91. The Balaban J connectivity index is 1.91. The average molecular weight is 576 g/mol. The standard InChI is InChI=1S/C26H24O15/c1-9(27)37-18-8-36-26(25(39-11(3)29)23(18)38-10(2)28)41-24-21(35)19-14(31)6-13(30)7-17(19)40-22(24)12-4-15(32)20(34)16(33)5-12/h4-7,18,23,25-26,30-34H,8H2,1-3H3. The van der Waals surface area contributed by atoms with Crippen LogP contribution in [0.2, 0.25) is 0 Å². The molecule has 2 heterocycles. The van der Waals surface area contributed by atoms with Crippen LogP contribution in [0.25, 0.3) is 22.3 Å². The van der Waals surface area contributed by atoms with E-state index in [0.717, 1.165) is 45.0 Å². The van der Waals surface area contributed by atoms with Crippen LogP contribution in [0.4, 0.5) is 0 Å². The minimum atomic E-state index is -1.72. The van der Waals surface area contributed by atoms with Gasteiger partial charge in [0.05, 0.1) is 6.61 Å². The lowest BCUT2D eigenvalue weighted by molar-refractivity contribution is -0.260. The van der Waals surface area contributed by atoms with Gasteiger partial charge in [0.15, 0.2) is 35.2 Å². The highest BCUT2D eigenvalue weighted by Crippen LogP contribution is 2.43. The third-order valence-electron chi connectivity index (χ3n) is 5.79. The minimum Gasteiger partial charge on any atom is -0.508 e. The van der Waals surface area contributed by atoms with Crippen molar-refractivity contribution in [3.8, 4) is 45.8 Å². The lowest BCUT2D eigenvalue weighted by atomic mass is 10.0. The summed E-state index contributed by atoms with van der Waals surface area (Å²) in [5.74, 6) is -7.35. The third kappa shape index (κ3) is 5.89. The molecular formula is C26H24O15. The van der Waals surface area contributed by atoms with Crippen LogP contribution in [0.5, 0.6) is 34.5 Å². The van der Waals surface area contributed by atoms with E-state index in [-0.39, 0.29) is 11.1 Å². The number of carbonyl (C=O) groups excluding carboxylic acids is 3. The van der Waals surface area contributed by atoms with Gasteiger partial charge in [-0.05, 0) is 12.1 Å². The molecule has 2 aromatic carbocycles. The Morgan fingerprint density at radius 2 is 1.39 bits per heavy atom. The molecule has 1 fully saturated rings. The van der Waals surface area contributed by atoms with Crippen LogP contribution in [-0.4, -0.2) is 74.6 Å². The molecule has 1 aliphatic rings. The highest BCUT2D eigenvalue weighted by molar-refractivity contribution is 5.88. The van der Waals surface area contributed by atoms with E-state index in [1.165, 1.54) is 0 Å². The maximum atomic E-state index is 13.6. The molecule has 218 valence electrons. The number of phenolic OH excluding ortho intramolecular Hbond substituents is 5. The molecule has 0 radical (unpaired) electrons. The topological polar surface area (TPSA) is 229 Å². The van der Waals surface area contributed by atoms with E-state index in [1.54, 1.807) is 0 Å². The van der Waals surface area contributed by atoms with Gasteiger partial charge in [-0.3, -0.25) is 19.2 Å². The van der Waals surface area contributed by atoms with Gasteiger partial charge in [-0.15, -0.1) is 0 Å². The number of esters is 3. The molecule has 5 N–H and O–H groups in total. The SMILES string of the molecule is CC(=O)OC1COC(Oc2c(-c3cc(O)c(O)c(O)c3)oc3cc(O)cc(O)c3c2=O)C(OC(C)=O)C1OC(C)=O. The smallest absolute Gasteiger partial charge is 0.303 e. The van der Waals surface area contributed by atoms with Gasteiger partial charge >= 0.3 is 17.9 Å². The first-order valence-corrected chi connectivity index (χ1v) is 11.8. The summed E-state index contributed by atoms with van der Waals surface area (Å²) >= 11 is 0. The fourth-order valence-electron chi connectivity index (χ4n) is 4.23. The molecule has 4 atom stereocenters. The molecule has 4 rings (SSSR count). The Kier molecular flexibility index (Phi) is 7.82. The summed E-state index contributed by atoms with van der Waals surface area (Å²) in [6.45, 7) is 2.72. The van der Waals surface area contributed by atoms with Crippen LogP contribution < -0.4 is 10.2 Å². The molecule has 15 heteroatoms. The molecule has 1 aromatic heterocycles. The molecule has 0 amide bonds. The predicted molar refractivity (Wildman–Crippen MR) is 133 cm³/mol. The van der Waals surface area contributed by atoms with Crippen LogP contribution in [-0.2, 0) is 33.3 Å². The zero-order chi connectivity index (χ0) is 30.2. The van der Waals surface area contributed by atoms with Crippen LogP contribution >= 0.6 is 0 Å². The van der Waals surface area contributed by atoms with Gasteiger partial charge in [-0.2, -0.15) is 0 Å². The van der Waals surface area contributed by atoms with Crippen molar-refractivity contribution in [2.24, 2.45) is 0 Å². The molecule has 0 spiro atoms. The highest BCUT2D eigenvalue weighted by Gasteiger charge is 2.49. The fraction of sp³-hybridized carbons (Fsp3) is 0.308. The van der Waals surface area contributed by atoms with E-state index in [4.69, 9.17) is 28.1 Å². The molecule has 1 saturated heterocycles. The molecule has 3 aromatic rings. The molecule has 0 saturated carbocycles. The van der Waals surface area contributed by atoms with Crippen molar-refractivity contribution in [1.82, 2.24) is 0 Å². The Labute approximate surface area is 229 Å². The number of hydrogen-bond donors (Lipinski definition) is 5. The number of carbonyl (C=O) groups is 3. The normalized spacial score (nSPS) is 20.3. The van der Waals surface area contributed by atoms with E-state index in [2.05, 4.69) is 0 Å². The third-order valence-corrected chi connectivity index (χ3v) is 5.79. The van der Waals surface area contributed by atoms with Crippen molar-refractivity contribution < 1.29 is 68.0 Å². The molecule has 15 nitrogen and oxygen atoms in total. The van der Waals surface area contributed by atoms with Crippen molar-refractivity contribution in [1.29, 1.82) is 0 Å². The first-order chi connectivity index (χ1) is 19.3. The van der Waals surface area contributed by atoms with Gasteiger partial charge in [0.1, 0.15) is 22.5 Å². The summed E-state index contributed by atoms with van der Waals surface area (Å²) in [6, 6.07) is 3.69. The van der Waals surface area contributed by atoms with Crippen molar-refractivity contribution in [2.75, 3.05) is 6.61 Å². The first-order valence-electron chi connectivity index (χ1n) is 11.8. The summed E-state index contributed by atoms with van der Waals surface area (Å²) in [4.78, 5) is 49.1. The van der Waals surface area contributed by atoms with Gasteiger partial charge < -0.3 is 53.6 Å². The number of fused-ring (bicyclic) bond motifs is 1. The van der Waals surface area contributed by atoms with E-state index in [9.17, 15) is 44.7 Å². The lowest BCUT2D eigenvalue weighted by Crippen LogP contribution is -2.59. The Morgan fingerprint density at radius 1 is 0.805 bits per heavy atom. The molecule has 41 heavy (non-hydrogen) atoms. The molecule has 0 bridgehead atoms. The quantitative estimate of drug-likeness (QED) is 0.159.